The number of aryl methyl sites for hydroxylation is 1. The molecular weight excluding hydrogens is 156 g/mol. The monoisotopic (exact) mass is 175 g/mol. The van der Waals surface area contributed by atoms with E-state index in [2.05, 4.69) is 32.0 Å². The average Bonchev–Trinajstić information content (AvgIpc) is 2.14. The summed E-state index contributed by atoms with van der Waals surface area (Å²) in [5.74, 6) is 0.851. The van der Waals surface area contributed by atoms with Gasteiger partial charge in [-0.05, 0) is 30.4 Å². The van der Waals surface area contributed by atoms with Crippen molar-refractivity contribution in [3.63, 3.8) is 0 Å². The quantitative estimate of drug-likeness (QED) is 0.596. The summed E-state index contributed by atoms with van der Waals surface area (Å²) in [5.41, 5.74) is 1.45. The Morgan fingerprint density at radius 1 is 1.15 bits per heavy atom. The molecule has 1 aromatic rings. The van der Waals surface area contributed by atoms with E-state index in [0.29, 0.717) is 0 Å². The predicted octanol–water partition coefficient (Wildman–Crippen LogP) is 3.86. The Labute approximate surface area is 82.0 Å². The van der Waals surface area contributed by atoms with Gasteiger partial charge in [-0.15, -0.1) is 0 Å². The van der Waals surface area contributed by atoms with Crippen molar-refractivity contribution in [2.75, 3.05) is 0 Å². The first kappa shape index (κ1) is 10.3. The highest BCUT2D eigenvalue weighted by molar-refractivity contribution is 5.13. The number of hydrogen-bond donors (Lipinski definition) is 0. The molecular formula is C13H19. The Kier molecular flexibility index (Phi) is 4.59. The van der Waals surface area contributed by atoms with Gasteiger partial charge in [0, 0.05) is 0 Å². The van der Waals surface area contributed by atoms with Crippen LogP contribution in [0.4, 0.5) is 0 Å². The highest BCUT2D eigenvalue weighted by atomic mass is 14.0. The van der Waals surface area contributed by atoms with Gasteiger partial charge in [-0.2, -0.15) is 0 Å². The Morgan fingerprint density at radius 2 is 1.85 bits per heavy atom. The van der Waals surface area contributed by atoms with Gasteiger partial charge in [-0.3, -0.25) is 0 Å². The van der Waals surface area contributed by atoms with Crippen LogP contribution in [0.1, 0.15) is 38.7 Å². The second-order valence-electron chi connectivity index (χ2n) is 4.05. The molecule has 1 radical (unpaired) electrons. The summed E-state index contributed by atoms with van der Waals surface area (Å²) in [7, 11) is 0. The molecule has 0 spiro atoms. The Hall–Kier alpha value is -0.780. The smallest absolute Gasteiger partial charge is 0.0184 e. The molecule has 0 aromatic heterocycles. The molecule has 71 valence electrons. The zero-order valence-corrected chi connectivity index (χ0v) is 8.72. The van der Waals surface area contributed by atoms with Gasteiger partial charge in [-0.1, -0.05) is 51.0 Å². The van der Waals surface area contributed by atoms with Crippen molar-refractivity contribution in [3.8, 4) is 0 Å². The largest absolute Gasteiger partial charge is 0.0628 e. The first-order valence-electron chi connectivity index (χ1n) is 5.24. The molecule has 0 unspecified atom stereocenters. The van der Waals surface area contributed by atoms with Crippen LogP contribution in [0, 0.1) is 12.0 Å². The summed E-state index contributed by atoms with van der Waals surface area (Å²) in [6.07, 6.45) is 5.26. The van der Waals surface area contributed by atoms with Crippen LogP contribution in [0.2, 0.25) is 0 Å². The minimum Gasteiger partial charge on any atom is -0.0628 e. The first-order valence-corrected chi connectivity index (χ1v) is 5.24. The molecule has 0 N–H and O–H groups in total. The van der Waals surface area contributed by atoms with E-state index in [0.717, 1.165) is 5.92 Å². The van der Waals surface area contributed by atoms with Crippen LogP contribution in [0.25, 0.3) is 0 Å². The van der Waals surface area contributed by atoms with Crippen LogP contribution < -0.4 is 0 Å². The Morgan fingerprint density at radius 3 is 2.46 bits per heavy atom. The van der Waals surface area contributed by atoms with E-state index in [1.165, 1.54) is 31.2 Å². The van der Waals surface area contributed by atoms with E-state index >= 15 is 0 Å². The molecule has 0 aliphatic rings. The molecule has 0 fully saturated rings. The van der Waals surface area contributed by atoms with Gasteiger partial charge in [0.25, 0.3) is 0 Å². The molecule has 0 bridgehead atoms. The van der Waals surface area contributed by atoms with Gasteiger partial charge in [0.15, 0.2) is 0 Å². The van der Waals surface area contributed by atoms with E-state index in [4.69, 9.17) is 0 Å². The molecule has 0 heteroatoms. The summed E-state index contributed by atoms with van der Waals surface area (Å²) in [6, 6.07) is 11.4. The summed E-state index contributed by atoms with van der Waals surface area (Å²) in [6.45, 7) is 4.58. The van der Waals surface area contributed by atoms with Crippen LogP contribution in [0.5, 0.6) is 0 Å². The minimum atomic E-state index is 0.851. The molecule has 0 saturated heterocycles. The van der Waals surface area contributed by atoms with Crippen molar-refractivity contribution in [1.82, 2.24) is 0 Å². The maximum Gasteiger partial charge on any atom is -0.0184 e. The van der Waals surface area contributed by atoms with Gasteiger partial charge >= 0.3 is 0 Å². The third kappa shape index (κ3) is 4.72. The number of benzene rings is 1. The van der Waals surface area contributed by atoms with Crippen molar-refractivity contribution in [1.29, 1.82) is 0 Å². The molecule has 0 heterocycles. The molecule has 13 heavy (non-hydrogen) atoms. The van der Waals surface area contributed by atoms with Crippen LogP contribution >= 0.6 is 0 Å². The Bertz CT molecular complexity index is 211. The molecule has 0 aliphatic carbocycles. The second-order valence-corrected chi connectivity index (χ2v) is 4.05. The number of rotatable bonds is 5. The number of unbranched alkanes of at least 4 members (excludes halogenated alkanes) is 1. The second kappa shape index (κ2) is 5.80. The fourth-order valence-corrected chi connectivity index (χ4v) is 1.47. The van der Waals surface area contributed by atoms with Gasteiger partial charge < -0.3 is 0 Å². The van der Waals surface area contributed by atoms with E-state index in [1.54, 1.807) is 0 Å². The van der Waals surface area contributed by atoms with Crippen LogP contribution in [0.3, 0.4) is 0 Å². The normalized spacial score (nSPS) is 10.7. The van der Waals surface area contributed by atoms with Gasteiger partial charge in [0.05, 0.1) is 0 Å². The maximum absolute atomic E-state index is 3.04. The fraction of sp³-hybridized carbons (Fsp3) is 0.538. The standard InChI is InChI=1S/C13H19/c1-12(2)8-6-7-11-13-9-4-3-5-10-13/h4-5,9-10,12H,6-8,11H2,1-2H3. The molecule has 0 aliphatic heterocycles. The maximum atomic E-state index is 3.04. The average molecular weight is 175 g/mol. The van der Waals surface area contributed by atoms with Gasteiger partial charge in [0.2, 0.25) is 0 Å². The van der Waals surface area contributed by atoms with E-state index in [1.807, 2.05) is 12.1 Å². The minimum absolute atomic E-state index is 0.851. The van der Waals surface area contributed by atoms with Crippen molar-refractivity contribution < 1.29 is 0 Å². The number of hydrogen-bond acceptors (Lipinski definition) is 0. The third-order valence-corrected chi connectivity index (χ3v) is 2.28. The van der Waals surface area contributed by atoms with Crippen LogP contribution in [-0.4, -0.2) is 0 Å². The summed E-state index contributed by atoms with van der Waals surface area (Å²) >= 11 is 0. The molecule has 1 aromatic carbocycles. The highest BCUT2D eigenvalue weighted by Crippen LogP contribution is 2.09. The Balaban J connectivity index is 2.13. The lowest BCUT2D eigenvalue weighted by Crippen LogP contribution is -1.89. The van der Waals surface area contributed by atoms with Crippen molar-refractivity contribution in [2.45, 2.75) is 39.5 Å². The SMILES string of the molecule is CC(C)CCCCc1cc[c]cc1. The van der Waals surface area contributed by atoms with Crippen molar-refractivity contribution in [2.24, 2.45) is 5.92 Å². The van der Waals surface area contributed by atoms with E-state index in [9.17, 15) is 0 Å². The van der Waals surface area contributed by atoms with E-state index < -0.39 is 0 Å². The van der Waals surface area contributed by atoms with E-state index in [-0.39, 0.29) is 0 Å². The van der Waals surface area contributed by atoms with Crippen molar-refractivity contribution in [3.05, 3.63) is 35.9 Å². The van der Waals surface area contributed by atoms with Crippen LogP contribution in [-0.2, 0) is 6.42 Å². The van der Waals surface area contributed by atoms with Gasteiger partial charge in [-0.25, -0.2) is 0 Å². The highest BCUT2D eigenvalue weighted by Gasteiger charge is 1.95. The molecule has 0 amide bonds. The van der Waals surface area contributed by atoms with Crippen molar-refractivity contribution >= 4 is 0 Å². The molecule has 0 saturated carbocycles. The predicted molar refractivity (Wildman–Crippen MR) is 57.7 cm³/mol. The van der Waals surface area contributed by atoms with Crippen LogP contribution in [0.15, 0.2) is 24.3 Å². The molecule has 1 rings (SSSR count). The fourth-order valence-electron chi connectivity index (χ4n) is 1.47. The summed E-state index contributed by atoms with van der Waals surface area (Å²) in [4.78, 5) is 0. The third-order valence-electron chi connectivity index (χ3n) is 2.28. The first-order chi connectivity index (χ1) is 6.29. The summed E-state index contributed by atoms with van der Waals surface area (Å²) in [5, 5.41) is 0. The molecule has 0 atom stereocenters. The topological polar surface area (TPSA) is 0 Å². The lowest BCUT2D eigenvalue weighted by molar-refractivity contribution is 0.538. The lowest BCUT2D eigenvalue weighted by atomic mass is 10.0. The van der Waals surface area contributed by atoms with Gasteiger partial charge in [0.1, 0.15) is 0 Å². The zero-order valence-electron chi connectivity index (χ0n) is 8.72. The lowest BCUT2D eigenvalue weighted by Gasteiger charge is -2.03. The molecule has 0 nitrogen and oxygen atoms in total. The zero-order chi connectivity index (χ0) is 9.52. The summed E-state index contributed by atoms with van der Waals surface area (Å²) < 4.78 is 0.